The molecule has 0 aromatic heterocycles. The summed E-state index contributed by atoms with van der Waals surface area (Å²) in [6.45, 7) is 4.62. The Morgan fingerprint density at radius 2 is 2.10 bits per heavy atom. The van der Waals surface area contributed by atoms with Gasteiger partial charge in [-0.1, -0.05) is 42.5 Å². The second-order valence-electron chi connectivity index (χ2n) is 7.93. The Labute approximate surface area is 171 Å². The van der Waals surface area contributed by atoms with Crippen LogP contribution < -0.4 is 15.4 Å². The highest BCUT2D eigenvalue weighted by atomic mass is 16.5. The molecule has 0 saturated carbocycles. The predicted molar refractivity (Wildman–Crippen MR) is 113 cm³/mol. The van der Waals surface area contributed by atoms with Crippen LogP contribution in [0.5, 0.6) is 5.75 Å². The number of hydrogen-bond donors (Lipinski definition) is 3. The Hall–Kier alpha value is -2.57. The standard InChI is InChI=1S/C23H29N3O3/c1-16(27)25-23(29-21-9-5-8-18-10-12-24-22(18)21)20(17-6-3-2-4-7-17)15-26-13-11-19(28)14-26/h2-9,19-20,23-24,28H,10-15H2,1H3,(H,25,27)/t19-,20+,23?/m0/s1. The second kappa shape index (κ2) is 8.84. The first-order valence-electron chi connectivity index (χ1n) is 10.3. The summed E-state index contributed by atoms with van der Waals surface area (Å²) >= 11 is 0. The van der Waals surface area contributed by atoms with Crippen molar-refractivity contribution in [3.63, 3.8) is 0 Å². The number of likely N-dealkylation sites (tertiary alicyclic amines) is 1. The van der Waals surface area contributed by atoms with Gasteiger partial charge in [0.05, 0.1) is 17.7 Å². The van der Waals surface area contributed by atoms with Gasteiger partial charge in [0.15, 0.2) is 6.23 Å². The van der Waals surface area contributed by atoms with Crippen molar-refractivity contribution in [1.82, 2.24) is 10.2 Å². The summed E-state index contributed by atoms with van der Waals surface area (Å²) in [6.07, 6.45) is 0.962. The number of carbonyl (C=O) groups excluding carboxylic acids is 1. The number of para-hydroxylation sites is 1. The number of carbonyl (C=O) groups is 1. The SMILES string of the molecule is CC(=O)NC(Oc1cccc2c1NCC2)[C@H](CN1CC[C@H](O)C1)c1ccccc1. The Morgan fingerprint density at radius 1 is 1.28 bits per heavy atom. The molecule has 0 aliphatic carbocycles. The highest BCUT2D eigenvalue weighted by molar-refractivity contribution is 5.73. The summed E-state index contributed by atoms with van der Waals surface area (Å²) in [7, 11) is 0. The predicted octanol–water partition coefficient (Wildman–Crippen LogP) is 2.35. The zero-order chi connectivity index (χ0) is 20.2. The first kappa shape index (κ1) is 19.7. The number of nitrogens with one attached hydrogen (secondary N) is 2. The van der Waals surface area contributed by atoms with Crippen molar-refractivity contribution in [2.45, 2.75) is 38.0 Å². The summed E-state index contributed by atoms with van der Waals surface area (Å²) in [5.41, 5.74) is 3.36. The second-order valence-corrected chi connectivity index (χ2v) is 7.93. The number of aliphatic hydroxyl groups is 1. The Balaban J connectivity index is 1.63. The van der Waals surface area contributed by atoms with Crippen molar-refractivity contribution in [3.8, 4) is 5.75 Å². The average molecular weight is 396 g/mol. The number of β-amino-alcohol motifs (C(OH)–C–C–N with tert-alkyl or cyclic N) is 1. The highest BCUT2D eigenvalue weighted by Gasteiger charge is 2.31. The van der Waals surface area contributed by atoms with E-state index >= 15 is 0 Å². The Morgan fingerprint density at radius 3 is 2.83 bits per heavy atom. The van der Waals surface area contributed by atoms with Gasteiger partial charge >= 0.3 is 0 Å². The number of anilines is 1. The normalized spacial score (nSPS) is 20.6. The summed E-state index contributed by atoms with van der Waals surface area (Å²) in [4.78, 5) is 14.3. The molecular formula is C23H29N3O3. The maximum absolute atomic E-state index is 12.0. The molecule has 0 radical (unpaired) electrons. The molecule has 3 N–H and O–H groups in total. The van der Waals surface area contributed by atoms with Crippen LogP contribution in [-0.2, 0) is 11.2 Å². The van der Waals surface area contributed by atoms with E-state index in [1.54, 1.807) is 0 Å². The molecule has 6 heteroatoms. The fraction of sp³-hybridized carbons (Fsp3) is 0.435. The van der Waals surface area contributed by atoms with Crippen LogP contribution in [0.2, 0.25) is 0 Å². The molecule has 4 rings (SSSR count). The van der Waals surface area contributed by atoms with Gasteiger partial charge in [-0.2, -0.15) is 0 Å². The van der Waals surface area contributed by atoms with E-state index < -0.39 is 6.23 Å². The molecular weight excluding hydrogens is 366 g/mol. The maximum atomic E-state index is 12.0. The molecule has 0 bridgehead atoms. The van der Waals surface area contributed by atoms with E-state index in [1.807, 2.05) is 30.3 Å². The van der Waals surface area contributed by atoms with Crippen LogP contribution in [0.3, 0.4) is 0 Å². The van der Waals surface area contributed by atoms with Gasteiger partial charge in [0.2, 0.25) is 5.91 Å². The molecule has 2 aliphatic rings. The molecule has 154 valence electrons. The van der Waals surface area contributed by atoms with Crippen molar-refractivity contribution in [2.75, 3.05) is 31.5 Å². The van der Waals surface area contributed by atoms with E-state index in [0.29, 0.717) is 13.1 Å². The van der Waals surface area contributed by atoms with Crippen molar-refractivity contribution in [1.29, 1.82) is 0 Å². The first-order chi connectivity index (χ1) is 14.1. The zero-order valence-electron chi connectivity index (χ0n) is 16.8. The number of fused-ring (bicyclic) bond motifs is 1. The lowest BCUT2D eigenvalue weighted by Gasteiger charge is -2.32. The van der Waals surface area contributed by atoms with Gasteiger partial charge in [-0.25, -0.2) is 0 Å². The van der Waals surface area contributed by atoms with Gasteiger partial charge in [0.25, 0.3) is 0 Å². The van der Waals surface area contributed by atoms with Crippen LogP contribution in [-0.4, -0.2) is 54.4 Å². The van der Waals surface area contributed by atoms with E-state index in [9.17, 15) is 9.90 Å². The van der Waals surface area contributed by atoms with E-state index in [4.69, 9.17) is 4.74 Å². The lowest BCUT2D eigenvalue weighted by molar-refractivity contribution is -0.121. The topological polar surface area (TPSA) is 73.8 Å². The van der Waals surface area contributed by atoms with E-state index in [0.717, 1.165) is 42.9 Å². The van der Waals surface area contributed by atoms with E-state index in [-0.39, 0.29) is 17.9 Å². The van der Waals surface area contributed by atoms with Crippen LogP contribution >= 0.6 is 0 Å². The molecule has 6 nitrogen and oxygen atoms in total. The average Bonchev–Trinajstić information content (AvgIpc) is 3.35. The lowest BCUT2D eigenvalue weighted by Crippen LogP contribution is -2.46. The van der Waals surface area contributed by atoms with Crippen LogP contribution in [0.1, 0.15) is 30.4 Å². The zero-order valence-corrected chi connectivity index (χ0v) is 16.8. The molecule has 29 heavy (non-hydrogen) atoms. The Kier molecular flexibility index (Phi) is 6.02. The number of amides is 1. The quantitative estimate of drug-likeness (QED) is 0.628. The van der Waals surface area contributed by atoms with Gasteiger partial charge in [-0.15, -0.1) is 0 Å². The fourth-order valence-electron chi connectivity index (χ4n) is 4.29. The molecule has 2 aliphatic heterocycles. The van der Waals surface area contributed by atoms with E-state index in [1.165, 1.54) is 12.5 Å². The van der Waals surface area contributed by atoms with Crippen molar-refractivity contribution in [3.05, 3.63) is 59.7 Å². The number of benzene rings is 2. The van der Waals surface area contributed by atoms with Crippen LogP contribution in [0.15, 0.2) is 48.5 Å². The minimum absolute atomic E-state index is 0.0670. The first-order valence-corrected chi connectivity index (χ1v) is 10.3. The number of rotatable bonds is 7. The molecule has 1 unspecified atom stereocenters. The molecule has 1 amide bonds. The van der Waals surface area contributed by atoms with Crippen LogP contribution in [0.4, 0.5) is 5.69 Å². The van der Waals surface area contributed by atoms with Gasteiger partial charge in [0.1, 0.15) is 5.75 Å². The fourth-order valence-corrected chi connectivity index (χ4v) is 4.29. The molecule has 2 heterocycles. The highest BCUT2D eigenvalue weighted by Crippen LogP contribution is 2.35. The third-order valence-electron chi connectivity index (χ3n) is 5.70. The number of aliphatic hydroxyl groups excluding tert-OH is 1. The summed E-state index contributed by atoms with van der Waals surface area (Å²) in [6, 6.07) is 16.2. The lowest BCUT2D eigenvalue weighted by atomic mass is 9.96. The monoisotopic (exact) mass is 395 g/mol. The molecule has 0 spiro atoms. The minimum atomic E-state index is -0.512. The summed E-state index contributed by atoms with van der Waals surface area (Å²) in [5, 5.41) is 16.4. The molecule has 2 aromatic rings. The van der Waals surface area contributed by atoms with Gasteiger partial charge < -0.3 is 20.5 Å². The van der Waals surface area contributed by atoms with Gasteiger partial charge in [-0.05, 0) is 30.0 Å². The molecule has 2 aromatic carbocycles. The Bertz CT molecular complexity index is 843. The van der Waals surface area contributed by atoms with Crippen molar-refractivity contribution < 1.29 is 14.6 Å². The van der Waals surface area contributed by atoms with Crippen molar-refractivity contribution >= 4 is 11.6 Å². The number of hydrogen-bond acceptors (Lipinski definition) is 5. The van der Waals surface area contributed by atoms with Crippen molar-refractivity contribution in [2.24, 2.45) is 0 Å². The van der Waals surface area contributed by atoms with Crippen LogP contribution in [0.25, 0.3) is 0 Å². The third kappa shape index (κ3) is 4.71. The van der Waals surface area contributed by atoms with Gasteiger partial charge in [-0.3, -0.25) is 9.69 Å². The van der Waals surface area contributed by atoms with Crippen LogP contribution in [0, 0.1) is 0 Å². The molecule has 1 fully saturated rings. The largest absolute Gasteiger partial charge is 0.468 e. The number of nitrogens with zero attached hydrogens (tertiary/aromatic N) is 1. The number of ether oxygens (including phenoxy) is 1. The smallest absolute Gasteiger partial charge is 0.219 e. The molecule has 3 atom stereocenters. The summed E-state index contributed by atoms with van der Waals surface area (Å²) < 4.78 is 6.44. The molecule has 1 saturated heterocycles. The maximum Gasteiger partial charge on any atom is 0.219 e. The van der Waals surface area contributed by atoms with E-state index in [2.05, 4.69) is 33.7 Å². The van der Waals surface area contributed by atoms with Gasteiger partial charge in [0, 0.05) is 33.1 Å². The minimum Gasteiger partial charge on any atom is -0.468 e. The summed E-state index contributed by atoms with van der Waals surface area (Å²) in [5.74, 6) is 0.571. The third-order valence-corrected chi connectivity index (χ3v) is 5.70.